The van der Waals surface area contributed by atoms with Crippen molar-refractivity contribution in [3.63, 3.8) is 0 Å². The maximum Gasteiger partial charge on any atom is 0.152 e. The molecule has 0 amide bonds. The summed E-state index contributed by atoms with van der Waals surface area (Å²) >= 11 is 0. The van der Waals surface area contributed by atoms with Gasteiger partial charge in [-0.15, -0.1) is 10.2 Å². The highest BCUT2D eigenvalue weighted by atomic mass is 16.3. The lowest BCUT2D eigenvalue weighted by atomic mass is 10.2. The highest BCUT2D eigenvalue weighted by Crippen LogP contribution is 2.12. The zero-order chi connectivity index (χ0) is 11.7. The first-order valence-corrected chi connectivity index (χ1v) is 5.26. The predicted molar refractivity (Wildman–Crippen MR) is 59.9 cm³/mol. The molecule has 2 aromatic heterocycles. The van der Waals surface area contributed by atoms with Crippen molar-refractivity contribution in [3.05, 3.63) is 35.7 Å². The van der Waals surface area contributed by atoms with E-state index < -0.39 is 6.10 Å². The van der Waals surface area contributed by atoms with E-state index in [1.54, 1.807) is 6.92 Å². The second-order valence-electron chi connectivity index (χ2n) is 4.02. The molecule has 0 fully saturated rings. The van der Waals surface area contributed by atoms with Crippen LogP contribution in [0, 0.1) is 6.92 Å². The zero-order valence-electron chi connectivity index (χ0n) is 9.75. The average molecular weight is 220 g/mol. The molecule has 0 aliphatic carbocycles. The van der Waals surface area contributed by atoms with E-state index in [4.69, 9.17) is 0 Å². The molecule has 86 valence electrons. The first-order chi connectivity index (χ1) is 7.58. The molecule has 2 rings (SSSR count). The lowest BCUT2D eigenvalue weighted by Crippen LogP contribution is -2.05. The van der Waals surface area contributed by atoms with Crippen LogP contribution in [0.3, 0.4) is 0 Å². The van der Waals surface area contributed by atoms with Gasteiger partial charge in [-0.1, -0.05) is 0 Å². The van der Waals surface area contributed by atoms with E-state index in [9.17, 15) is 5.11 Å². The van der Waals surface area contributed by atoms with Gasteiger partial charge in [-0.05, 0) is 25.5 Å². The Labute approximate surface area is 94.4 Å². The van der Waals surface area contributed by atoms with Gasteiger partial charge in [0.25, 0.3) is 0 Å². The van der Waals surface area contributed by atoms with E-state index in [-0.39, 0.29) is 0 Å². The van der Waals surface area contributed by atoms with Crippen molar-refractivity contribution in [3.8, 4) is 0 Å². The van der Waals surface area contributed by atoms with Crippen LogP contribution in [0.15, 0.2) is 18.5 Å². The van der Waals surface area contributed by atoms with Crippen molar-refractivity contribution < 1.29 is 5.11 Å². The topological polar surface area (TPSA) is 55.9 Å². The molecule has 5 nitrogen and oxygen atoms in total. The highest BCUT2D eigenvalue weighted by Gasteiger charge is 2.07. The number of aliphatic hydroxyl groups excluding tert-OH is 1. The summed E-state index contributed by atoms with van der Waals surface area (Å²) in [7, 11) is 1.95. The third kappa shape index (κ3) is 1.99. The highest BCUT2D eigenvalue weighted by molar-refractivity contribution is 5.13. The largest absolute Gasteiger partial charge is 0.389 e. The maximum absolute atomic E-state index is 9.42. The molecular formula is C11H16N4O. The van der Waals surface area contributed by atoms with Crippen molar-refractivity contribution in [2.75, 3.05) is 0 Å². The SMILES string of the molecule is Cc1nnc(Cn2ccc(C(C)O)c2)n1C. The van der Waals surface area contributed by atoms with Gasteiger partial charge >= 0.3 is 0 Å². The molecule has 2 heterocycles. The maximum atomic E-state index is 9.42. The molecule has 0 saturated carbocycles. The molecule has 2 aromatic rings. The van der Waals surface area contributed by atoms with Gasteiger partial charge in [0.1, 0.15) is 5.82 Å². The molecule has 0 aromatic carbocycles. The van der Waals surface area contributed by atoms with Crippen LogP contribution in [0.4, 0.5) is 0 Å². The second kappa shape index (κ2) is 4.09. The van der Waals surface area contributed by atoms with Crippen LogP contribution in [0.25, 0.3) is 0 Å². The monoisotopic (exact) mass is 220 g/mol. The molecule has 1 N–H and O–H groups in total. The Morgan fingerprint density at radius 3 is 2.69 bits per heavy atom. The van der Waals surface area contributed by atoms with E-state index in [0.29, 0.717) is 6.54 Å². The number of nitrogens with zero attached hydrogens (tertiary/aromatic N) is 4. The fourth-order valence-corrected chi connectivity index (χ4v) is 1.56. The van der Waals surface area contributed by atoms with Crippen LogP contribution in [0.2, 0.25) is 0 Å². The third-order valence-electron chi connectivity index (χ3n) is 2.76. The van der Waals surface area contributed by atoms with Crippen molar-refractivity contribution in [1.29, 1.82) is 0 Å². The van der Waals surface area contributed by atoms with Gasteiger partial charge in [0, 0.05) is 19.4 Å². The molecule has 0 aliphatic heterocycles. The fourth-order valence-electron chi connectivity index (χ4n) is 1.56. The average Bonchev–Trinajstić information content (AvgIpc) is 2.81. The van der Waals surface area contributed by atoms with Crippen LogP contribution in [-0.2, 0) is 13.6 Å². The van der Waals surface area contributed by atoms with Crippen molar-refractivity contribution in [1.82, 2.24) is 19.3 Å². The summed E-state index contributed by atoms with van der Waals surface area (Å²) in [6.07, 6.45) is 3.43. The first kappa shape index (κ1) is 10.9. The standard InChI is InChI=1S/C11H16N4O/c1-8(16)10-4-5-15(6-10)7-11-13-12-9(2)14(11)3/h4-6,8,16H,7H2,1-3H3. The predicted octanol–water partition coefficient (Wildman–Crippen LogP) is 1.03. The minimum absolute atomic E-state index is 0.428. The Hall–Kier alpha value is -1.62. The Morgan fingerprint density at radius 2 is 2.19 bits per heavy atom. The molecule has 1 unspecified atom stereocenters. The minimum atomic E-state index is -0.428. The van der Waals surface area contributed by atoms with Gasteiger partial charge in [0.05, 0.1) is 12.6 Å². The normalized spacial score (nSPS) is 13.0. The van der Waals surface area contributed by atoms with Crippen molar-refractivity contribution >= 4 is 0 Å². The summed E-state index contributed by atoms with van der Waals surface area (Å²) in [5, 5.41) is 17.5. The quantitative estimate of drug-likeness (QED) is 0.840. The van der Waals surface area contributed by atoms with E-state index >= 15 is 0 Å². The Balaban J connectivity index is 2.17. The van der Waals surface area contributed by atoms with Crippen molar-refractivity contribution in [2.24, 2.45) is 7.05 Å². The third-order valence-corrected chi connectivity index (χ3v) is 2.76. The number of hydrogen-bond acceptors (Lipinski definition) is 3. The molecule has 0 bridgehead atoms. The van der Waals surface area contributed by atoms with E-state index in [0.717, 1.165) is 17.2 Å². The van der Waals surface area contributed by atoms with Crippen LogP contribution >= 0.6 is 0 Å². The molecule has 0 aliphatic rings. The molecule has 1 atom stereocenters. The van der Waals surface area contributed by atoms with Crippen molar-refractivity contribution in [2.45, 2.75) is 26.5 Å². The number of aliphatic hydroxyl groups is 1. The molecule has 0 saturated heterocycles. The molecule has 5 heteroatoms. The fraction of sp³-hybridized carbons (Fsp3) is 0.455. The molecular weight excluding hydrogens is 204 g/mol. The lowest BCUT2D eigenvalue weighted by Gasteiger charge is -2.03. The van der Waals surface area contributed by atoms with E-state index in [1.807, 2.05) is 41.6 Å². The Bertz CT molecular complexity index is 484. The molecule has 0 radical (unpaired) electrons. The molecule has 16 heavy (non-hydrogen) atoms. The summed E-state index contributed by atoms with van der Waals surface area (Å²) in [5.41, 5.74) is 0.916. The first-order valence-electron chi connectivity index (χ1n) is 5.26. The number of aryl methyl sites for hydroxylation is 1. The van der Waals surface area contributed by atoms with Gasteiger partial charge in [-0.3, -0.25) is 0 Å². The van der Waals surface area contributed by atoms with Gasteiger partial charge < -0.3 is 14.2 Å². The minimum Gasteiger partial charge on any atom is -0.389 e. The zero-order valence-corrected chi connectivity index (χ0v) is 9.75. The number of rotatable bonds is 3. The van der Waals surface area contributed by atoms with E-state index in [2.05, 4.69) is 10.2 Å². The summed E-state index contributed by atoms with van der Waals surface area (Å²) in [5.74, 6) is 1.81. The molecule has 0 spiro atoms. The Morgan fingerprint density at radius 1 is 1.44 bits per heavy atom. The summed E-state index contributed by atoms with van der Waals surface area (Å²) < 4.78 is 3.95. The number of aromatic nitrogens is 4. The van der Waals surface area contributed by atoms with Gasteiger partial charge in [0.15, 0.2) is 5.82 Å². The summed E-state index contributed by atoms with van der Waals surface area (Å²) in [4.78, 5) is 0. The van der Waals surface area contributed by atoms with Crippen LogP contribution in [-0.4, -0.2) is 24.4 Å². The van der Waals surface area contributed by atoms with Gasteiger partial charge in [0.2, 0.25) is 0 Å². The smallest absolute Gasteiger partial charge is 0.152 e. The summed E-state index contributed by atoms with van der Waals surface area (Å²) in [6.45, 7) is 4.35. The van der Waals surface area contributed by atoms with Gasteiger partial charge in [-0.25, -0.2) is 0 Å². The Kier molecular flexibility index (Phi) is 2.78. The lowest BCUT2D eigenvalue weighted by molar-refractivity contribution is 0.199. The van der Waals surface area contributed by atoms with Gasteiger partial charge in [-0.2, -0.15) is 0 Å². The van der Waals surface area contributed by atoms with Crippen LogP contribution < -0.4 is 0 Å². The number of hydrogen-bond donors (Lipinski definition) is 1. The summed E-state index contributed by atoms with van der Waals surface area (Å²) in [6, 6.07) is 1.91. The van der Waals surface area contributed by atoms with Crippen LogP contribution in [0.5, 0.6) is 0 Å². The van der Waals surface area contributed by atoms with Crippen LogP contribution in [0.1, 0.15) is 30.2 Å². The second-order valence-corrected chi connectivity index (χ2v) is 4.02. The van der Waals surface area contributed by atoms with E-state index in [1.165, 1.54) is 0 Å².